The lowest BCUT2D eigenvalue weighted by Crippen LogP contribution is -2.61. The van der Waals surface area contributed by atoms with Crippen LogP contribution in [0.25, 0.3) is 0 Å². The van der Waals surface area contributed by atoms with Crippen molar-refractivity contribution in [2.45, 2.75) is 31.7 Å². The fourth-order valence-electron chi connectivity index (χ4n) is 4.59. The van der Waals surface area contributed by atoms with Crippen molar-refractivity contribution in [2.24, 2.45) is 11.8 Å². The molecule has 4 rings (SSSR count). The Morgan fingerprint density at radius 3 is 2.92 bits per heavy atom. The summed E-state index contributed by atoms with van der Waals surface area (Å²) in [5, 5.41) is 0. The Kier molecular flexibility index (Phi) is 3.90. The van der Waals surface area contributed by atoms with Crippen LogP contribution in [0.4, 0.5) is 0 Å². The molecule has 4 heterocycles. The topological polar surface area (TPSA) is 62.7 Å². The van der Waals surface area contributed by atoms with E-state index >= 15 is 0 Å². The van der Waals surface area contributed by atoms with Gasteiger partial charge in [-0.05, 0) is 37.2 Å². The lowest BCUT2D eigenvalue weighted by molar-refractivity contribution is -0.144. The summed E-state index contributed by atoms with van der Waals surface area (Å²) in [6.45, 7) is 2.29. The molecule has 1 aromatic heterocycles. The molecule has 2 bridgehead atoms. The number of fused-ring (bicyclic) bond motifs is 4. The summed E-state index contributed by atoms with van der Waals surface area (Å²) in [5.74, 6) is 1.67. The van der Waals surface area contributed by atoms with Crippen LogP contribution >= 0.6 is 0 Å². The van der Waals surface area contributed by atoms with Crippen molar-refractivity contribution >= 4 is 11.8 Å². The molecule has 6 heteroatoms. The van der Waals surface area contributed by atoms with Crippen LogP contribution in [0.5, 0.6) is 5.88 Å². The lowest BCUT2D eigenvalue weighted by Gasteiger charge is -2.52. The van der Waals surface area contributed by atoms with Crippen molar-refractivity contribution in [2.75, 3.05) is 26.7 Å². The van der Waals surface area contributed by atoms with Gasteiger partial charge < -0.3 is 14.5 Å². The number of carbonyl (C=O) groups excluding carboxylic acids is 2. The summed E-state index contributed by atoms with van der Waals surface area (Å²) >= 11 is 0. The first-order valence-electron chi connectivity index (χ1n) is 8.74. The predicted octanol–water partition coefficient (Wildman–Crippen LogP) is 1.56. The Hall–Kier alpha value is -2.11. The number of amides is 2. The molecule has 128 valence electrons. The molecule has 3 atom stereocenters. The molecule has 3 aliphatic heterocycles. The van der Waals surface area contributed by atoms with Crippen molar-refractivity contribution in [1.82, 2.24) is 14.8 Å². The number of nitrogens with zero attached hydrogens (tertiary/aromatic N) is 3. The highest BCUT2D eigenvalue weighted by atomic mass is 16.5. The number of hydrogen-bond acceptors (Lipinski definition) is 4. The van der Waals surface area contributed by atoms with E-state index in [-0.39, 0.29) is 5.91 Å². The third kappa shape index (κ3) is 2.64. The zero-order valence-electron chi connectivity index (χ0n) is 14.0. The van der Waals surface area contributed by atoms with E-state index < -0.39 is 0 Å². The van der Waals surface area contributed by atoms with E-state index in [0.29, 0.717) is 41.6 Å². The van der Waals surface area contributed by atoms with Gasteiger partial charge in [-0.15, -0.1) is 0 Å². The van der Waals surface area contributed by atoms with Crippen LogP contribution in [0.1, 0.15) is 36.0 Å². The second-order valence-corrected chi connectivity index (χ2v) is 7.17. The van der Waals surface area contributed by atoms with Crippen molar-refractivity contribution < 1.29 is 14.3 Å². The average molecular weight is 329 g/mol. The minimum absolute atomic E-state index is 0.0374. The molecule has 0 aromatic carbocycles. The Morgan fingerprint density at radius 2 is 2.17 bits per heavy atom. The van der Waals surface area contributed by atoms with Crippen molar-refractivity contribution in [3.63, 3.8) is 0 Å². The van der Waals surface area contributed by atoms with Crippen LogP contribution in [0.2, 0.25) is 0 Å². The fraction of sp³-hybridized carbons (Fsp3) is 0.611. The van der Waals surface area contributed by atoms with E-state index in [1.54, 1.807) is 25.4 Å². The molecule has 2 amide bonds. The number of carbonyl (C=O) groups is 2. The van der Waals surface area contributed by atoms with Gasteiger partial charge in [0, 0.05) is 44.4 Å². The highest BCUT2D eigenvalue weighted by Crippen LogP contribution is 2.38. The van der Waals surface area contributed by atoms with Gasteiger partial charge in [-0.3, -0.25) is 9.59 Å². The summed E-state index contributed by atoms with van der Waals surface area (Å²) in [5.41, 5.74) is 0.604. The number of methoxy groups -OCH3 is 1. The van der Waals surface area contributed by atoms with Crippen LogP contribution in [-0.4, -0.2) is 59.4 Å². The van der Waals surface area contributed by atoms with Gasteiger partial charge in [0.05, 0.1) is 12.7 Å². The SMILES string of the molecule is COc1ccc(C(=O)N2C[C@H]3C[C@H](C2)[C@H]2CCCC(=O)N2C3)cn1. The van der Waals surface area contributed by atoms with Gasteiger partial charge in [0.1, 0.15) is 0 Å². The summed E-state index contributed by atoms with van der Waals surface area (Å²) in [7, 11) is 1.56. The first kappa shape index (κ1) is 15.4. The second-order valence-electron chi connectivity index (χ2n) is 7.17. The average Bonchev–Trinajstić information content (AvgIpc) is 2.62. The number of piperidine rings is 3. The Labute approximate surface area is 141 Å². The van der Waals surface area contributed by atoms with Gasteiger partial charge in [0.25, 0.3) is 5.91 Å². The number of likely N-dealkylation sites (tertiary alicyclic amines) is 1. The zero-order chi connectivity index (χ0) is 16.7. The molecule has 0 aliphatic carbocycles. The van der Waals surface area contributed by atoms with Crippen LogP contribution in [-0.2, 0) is 4.79 Å². The highest BCUT2D eigenvalue weighted by Gasteiger charge is 2.44. The molecule has 3 fully saturated rings. The maximum Gasteiger partial charge on any atom is 0.255 e. The third-order valence-corrected chi connectivity index (χ3v) is 5.66. The molecule has 24 heavy (non-hydrogen) atoms. The smallest absolute Gasteiger partial charge is 0.255 e. The first-order chi connectivity index (χ1) is 11.7. The molecular weight excluding hydrogens is 306 g/mol. The third-order valence-electron chi connectivity index (χ3n) is 5.66. The molecule has 3 saturated heterocycles. The van der Waals surface area contributed by atoms with Crippen LogP contribution < -0.4 is 4.74 Å². The van der Waals surface area contributed by atoms with E-state index in [1.807, 2.05) is 4.90 Å². The lowest BCUT2D eigenvalue weighted by atomic mass is 9.76. The largest absolute Gasteiger partial charge is 0.481 e. The normalized spacial score (nSPS) is 29.2. The maximum absolute atomic E-state index is 12.8. The maximum atomic E-state index is 12.8. The minimum Gasteiger partial charge on any atom is -0.481 e. The van der Waals surface area contributed by atoms with Crippen molar-refractivity contribution in [1.29, 1.82) is 0 Å². The van der Waals surface area contributed by atoms with Crippen LogP contribution in [0.15, 0.2) is 18.3 Å². The van der Waals surface area contributed by atoms with Crippen molar-refractivity contribution in [3.8, 4) is 5.88 Å². The van der Waals surface area contributed by atoms with Gasteiger partial charge >= 0.3 is 0 Å². The standard InChI is InChI=1S/C18H23N3O3/c1-24-16-6-5-13(8-19-16)18(23)20-9-12-7-14(11-20)15-3-2-4-17(22)21(15)10-12/h5-6,8,12,14-15H,2-4,7,9-11H2,1H3/t12-,14-,15-/m1/s1. The fourth-order valence-corrected chi connectivity index (χ4v) is 4.59. The quantitative estimate of drug-likeness (QED) is 0.826. The van der Waals surface area contributed by atoms with E-state index in [2.05, 4.69) is 9.88 Å². The Balaban J connectivity index is 1.50. The summed E-state index contributed by atoms with van der Waals surface area (Å²) in [6.07, 6.45) is 5.48. The molecule has 6 nitrogen and oxygen atoms in total. The summed E-state index contributed by atoms with van der Waals surface area (Å²) in [4.78, 5) is 33.2. The number of pyridine rings is 1. The van der Waals surface area contributed by atoms with Crippen LogP contribution in [0, 0.1) is 11.8 Å². The Bertz CT molecular complexity index is 645. The number of ether oxygens (including phenoxy) is 1. The highest BCUT2D eigenvalue weighted by molar-refractivity contribution is 5.94. The van der Waals surface area contributed by atoms with Gasteiger partial charge in [0.15, 0.2) is 0 Å². The molecule has 0 spiro atoms. The van der Waals surface area contributed by atoms with Crippen LogP contribution in [0.3, 0.4) is 0 Å². The van der Waals surface area contributed by atoms with Gasteiger partial charge in [-0.2, -0.15) is 0 Å². The second kappa shape index (κ2) is 6.07. The summed E-state index contributed by atoms with van der Waals surface area (Å²) < 4.78 is 5.05. The van der Waals surface area contributed by atoms with E-state index in [9.17, 15) is 9.59 Å². The van der Waals surface area contributed by atoms with E-state index in [1.165, 1.54) is 0 Å². The monoisotopic (exact) mass is 329 g/mol. The zero-order valence-corrected chi connectivity index (χ0v) is 14.0. The van der Waals surface area contributed by atoms with Gasteiger partial charge in [-0.1, -0.05) is 0 Å². The predicted molar refractivity (Wildman–Crippen MR) is 87.6 cm³/mol. The molecule has 0 N–H and O–H groups in total. The molecule has 0 unspecified atom stereocenters. The van der Waals surface area contributed by atoms with Gasteiger partial charge in [-0.25, -0.2) is 4.98 Å². The molecule has 3 aliphatic rings. The first-order valence-corrected chi connectivity index (χ1v) is 8.74. The number of rotatable bonds is 2. The molecule has 1 aromatic rings. The van der Waals surface area contributed by atoms with E-state index in [0.717, 1.165) is 38.9 Å². The number of hydrogen-bond donors (Lipinski definition) is 0. The molecule has 0 saturated carbocycles. The van der Waals surface area contributed by atoms with E-state index in [4.69, 9.17) is 4.74 Å². The minimum atomic E-state index is 0.0374. The molecule has 0 radical (unpaired) electrons. The van der Waals surface area contributed by atoms with Gasteiger partial charge in [0.2, 0.25) is 11.8 Å². The molecular formula is C18H23N3O3. The summed E-state index contributed by atoms with van der Waals surface area (Å²) in [6, 6.07) is 3.82. The number of aromatic nitrogens is 1. The van der Waals surface area contributed by atoms with Crippen molar-refractivity contribution in [3.05, 3.63) is 23.9 Å². The Morgan fingerprint density at radius 1 is 1.29 bits per heavy atom.